The molecule has 96 valence electrons. The summed E-state index contributed by atoms with van der Waals surface area (Å²) >= 11 is 0. The summed E-state index contributed by atoms with van der Waals surface area (Å²) in [6, 6.07) is 1.87. The monoisotopic (exact) mass is 248 g/mol. The van der Waals surface area contributed by atoms with Gasteiger partial charge in [0.05, 0.1) is 19.3 Å². The number of nitrogens with two attached hydrogens (primary N) is 1. The molecule has 2 rings (SSSR count). The number of hydrogen-bond donors (Lipinski definition) is 2. The van der Waals surface area contributed by atoms with E-state index in [4.69, 9.17) is 10.5 Å². The number of nitrogen functional groups attached to an aromatic ring is 1. The fourth-order valence-corrected chi connectivity index (χ4v) is 1.60. The van der Waals surface area contributed by atoms with E-state index in [9.17, 15) is 0 Å². The van der Waals surface area contributed by atoms with Gasteiger partial charge in [-0.05, 0) is 6.92 Å². The van der Waals surface area contributed by atoms with Gasteiger partial charge in [-0.1, -0.05) is 0 Å². The van der Waals surface area contributed by atoms with E-state index in [0.29, 0.717) is 24.1 Å². The van der Waals surface area contributed by atoms with Crippen molar-refractivity contribution >= 4 is 11.6 Å². The van der Waals surface area contributed by atoms with Crippen molar-refractivity contribution in [1.29, 1.82) is 0 Å². The Bertz CT molecular complexity index is 550. The molecule has 0 bridgehead atoms. The molecular weight excluding hydrogens is 232 g/mol. The zero-order valence-electron chi connectivity index (χ0n) is 10.6. The fourth-order valence-electron chi connectivity index (χ4n) is 1.60. The lowest BCUT2D eigenvalue weighted by Crippen LogP contribution is -2.06. The van der Waals surface area contributed by atoms with E-state index in [1.54, 1.807) is 11.8 Å². The van der Waals surface area contributed by atoms with Crippen LogP contribution < -0.4 is 15.8 Å². The van der Waals surface area contributed by atoms with Crippen molar-refractivity contribution < 1.29 is 4.74 Å². The molecular formula is C11H16N6O. The number of hydrogen-bond acceptors (Lipinski definition) is 6. The van der Waals surface area contributed by atoms with Crippen LogP contribution in [-0.4, -0.2) is 26.9 Å². The normalized spacial score (nSPS) is 10.4. The number of anilines is 2. The van der Waals surface area contributed by atoms with E-state index in [2.05, 4.69) is 20.4 Å². The molecule has 0 unspecified atom stereocenters. The molecule has 2 aromatic rings. The Morgan fingerprint density at radius 1 is 1.44 bits per heavy atom. The van der Waals surface area contributed by atoms with Gasteiger partial charge in [-0.2, -0.15) is 5.10 Å². The molecule has 18 heavy (non-hydrogen) atoms. The summed E-state index contributed by atoms with van der Waals surface area (Å²) in [6.45, 7) is 2.42. The summed E-state index contributed by atoms with van der Waals surface area (Å²) in [6.07, 6.45) is 1.43. The average molecular weight is 248 g/mol. The maximum Gasteiger partial charge on any atom is 0.211 e. The van der Waals surface area contributed by atoms with Gasteiger partial charge in [0, 0.05) is 18.7 Å². The smallest absolute Gasteiger partial charge is 0.211 e. The van der Waals surface area contributed by atoms with Crippen LogP contribution >= 0.6 is 0 Å². The number of methoxy groups -OCH3 is 1. The molecule has 0 aliphatic rings. The van der Waals surface area contributed by atoms with Gasteiger partial charge in [0.25, 0.3) is 0 Å². The first kappa shape index (κ1) is 12.2. The number of nitrogens with zero attached hydrogens (tertiary/aromatic N) is 4. The fraction of sp³-hybridized carbons (Fsp3) is 0.364. The lowest BCUT2D eigenvalue weighted by Gasteiger charge is -2.07. The van der Waals surface area contributed by atoms with Crippen LogP contribution in [0.3, 0.4) is 0 Å². The molecule has 2 aromatic heterocycles. The van der Waals surface area contributed by atoms with Crippen molar-refractivity contribution in [2.45, 2.75) is 13.5 Å². The highest BCUT2D eigenvalue weighted by atomic mass is 16.5. The molecule has 0 saturated carbocycles. The highest BCUT2D eigenvalue weighted by Gasteiger charge is 2.07. The minimum absolute atomic E-state index is 0.478. The third-order valence-electron chi connectivity index (χ3n) is 2.66. The second-order valence-corrected chi connectivity index (χ2v) is 3.89. The molecule has 0 aliphatic heterocycles. The van der Waals surface area contributed by atoms with Crippen LogP contribution in [0.5, 0.6) is 5.88 Å². The summed E-state index contributed by atoms with van der Waals surface area (Å²) in [5, 5.41) is 7.48. The number of nitrogens with one attached hydrogen (secondary N) is 1. The van der Waals surface area contributed by atoms with Crippen molar-refractivity contribution in [3.05, 3.63) is 23.7 Å². The lowest BCUT2D eigenvalue weighted by molar-refractivity contribution is 0.373. The second kappa shape index (κ2) is 4.91. The van der Waals surface area contributed by atoms with Gasteiger partial charge in [-0.3, -0.25) is 0 Å². The van der Waals surface area contributed by atoms with Crippen molar-refractivity contribution in [3.63, 3.8) is 0 Å². The Balaban J connectivity index is 2.09. The average Bonchev–Trinajstić information content (AvgIpc) is 2.72. The molecule has 0 fully saturated rings. The predicted octanol–water partition coefficient (Wildman–Crippen LogP) is 0.721. The Hall–Kier alpha value is -2.31. The second-order valence-electron chi connectivity index (χ2n) is 3.89. The number of ether oxygens (including phenoxy) is 1. The topological polar surface area (TPSA) is 90.9 Å². The zero-order valence-corrected chi connectivity index (χ0v) is 10.6. The van der Waals surface area contributed by atoms with Gasteiger partial charge < -0.3 is 15.8 Å². The molecule has 0 aromatic carbocycles. The molecule has 0 atom stereocenters. The molecule has 2 heterocycles. The van der Waals surface area contributed by atoms with E-state index >= 15 is 0 Å². The molecule has 0 aliphatic carbocycles. The standard InChI is InChI=1S/C11H16N6O/c1-7-10(12)14-6-15-11(7)13-5-8-4-9(18-3)17(2)16-8/h4,6H,5H2,1-3H3,(H3,12,13,14,15). The third-order valence-corrected chi connectivity index (χ3v) is 2.66. The third kappa shape index (κ3) is 2.34. The SMILES string of the molecule is COc1cc(CNc2ncnc(N)c2C)nn1C. The van der Waals surface area contributed by atoms with Gasteiger partial charge in [0.15, 0.2) is 0 Å². The molecule has 0 saturated heterocycles. The largest absolute Gasteiger partial charge is 0.481 e. The first-order chi connectivity index (χ1) is 8.61. The molecule has 7 heteroatoms. The van der Waals surface area contributed by atoms with E-state index in [-0.39, 0.29) is 0 Å². The first-order valence-electron chi connectivity index (χ1n) is 5.49. The highest BCUT2D eigenvalue weighted by molar-refractivity contribution is 5.53. The minimum Gasteiger partial charge on any atom is -0.481 e. The van der Waals surface area contributed by atoms with Crippen molar-refractivity contribution in [1.82, 2.24) is 19.7 Å². The highest BCUT2D eigenvalue weighted by Crippen LogP contribution is 2.17. The summed E-state index contributed by atoms with van der Waals surface area (Å²) in [7, 11) is 3.44. The van der Waals surface area contributed by atoms with E-state index in [1.165, 1.54) is 6.33 Å². The summed E-state index contributed by atoms with van der Waals surface area (Å²) in [4.78, 5) is 8.05. The van der Waals surface area contributed by atoms with Crippen LogP contribution in [0, 0.1) is 6.92 Å². The van der Waals surface area contributed by atoms with Gasteiger partial charge in [0.2, 0.25) is 5.88 Å². The summed E-state index contributed by atoms with van der Waals surface area (Å²) in [5.74, 6) is 1.91. The summed E-state index contributed by atoms with van der Waals surface area (Å²) < 4.78 is 6.83. The van der Waals surface area contributed by atoms with Crippen LogP contribution in [0.2, 0.25) is 0 Å². The van der Waals surface area contributed by atoms with Crippen LogP contribution in [0.1, 0.15) is 11.3 Å². The maximum atomic E-state index is 5.71. The van der Waals surface area contributed by atoms with Crippen LogP contribution in [0.25, 0.3) is 0 Å². The Morgan fingerprint density at radius 2 is 2.22 bits per heavy atom. The van der Waals surface area contributed by atoms with Gasteiger partial charge >= 0.3 is 0 Å². The molecule has 0 radical (unpaired) electrons. The van der Waals surface area contributed by atoms with Crippen LogP contribution in [-0.2, 0) is 13.6 Å². The minimum atomic E-state index is 0.478. The van der Waals surface area contributed by atoms with E-state index in [0.717, 1.165) is 11.3 Å². The van der Waals surface area contributed by atoms with Crippen molar-refractivity contribution in [2.24, 2.45) is 7.05 Å². The van der Waals surface area contributed by atoms with Gasteiger partial charge in [-0.25, -0.2) is 14.6 Å². The quantitative estimate of drug-likeness (QED) is 0.828. The Labute approximate surface area is 105 Å². The van der Waals surface area contributed by atoms with Crippen LogP contribution in [0.15, 0.2) is 12.4 Å². The number of rotatable bonds is 4. The molecule has 3 N–H and O–H groups in total. The Kier molecular flexibility index (Phi) is 3.31. The predicted molar refractivity (Wildman–Crippen MR) is 68.3 cm³/mol. The van der Waals surface area contributed by atoms with Crippen molar-refractivity contribution in [3.8, 4) is 5.88 Å². The number of aromatic nitrogens is 4. The zero-order chi connectivity index (χ0) is 13.1. The molecule has 0 spiro atoms. The molecule has 7 nitrogen and oxygen atoms in total. The summed E-state index contributed by atoms with van der Waals surface area (Å²) in [5.41, 5.74) is 7.41. The van der Waals surface area contributed by atoms with E-state index in [1.807, 2.05) is 20.0 Å². The van der Waals surface area contributed by atoms with Gasteiger partial charge in [-0.15, -0.1) is 0 Å². The first-order valence-corrected chi connectivity index (χ1v) is 5.49. The lowest BCUT2D eigenvalue weighted by atomic mass is 10.3. The van der Waals surface area contributed by atoms with Crippen LogP contribution in [0.4, 0.5) is 11.6 Å². The maximum absolute atomic E-state index is 5.71. The van der Waals surface area contributed by atoms with Crippen molar-refractivity contribution in [2.75, 3.05) is 18.2 Å². The Morgan fingerprint density at radius 3 is 2.89 bits per heavy atom. The number of aryl methyl sites for hydroxylation is 1. The molecule has 0 amide bonds. The van der Waals surface area contributed by atoms with Gasteiger partial charge in [0.1, 0.15) is 18.0 Å². The van der Waals surface area contributed by atoms with E-state index < -0.39 is 0 Å².